The van der Waals surface area contributed by atoms with Crippen LogP contribution in [0.1, 0.15) is 73.4 Å². The molecule has 8 rings (SSSR count). The first-order chi connectivity index (χ1) is 22.4. The summed E-state index contributed by atoms with van der Waals surface area (Å²) in [6.07, 6.45) is -0.915. The SMILES string of the molecule is CCn1nccc1C(=O)N[C@H](c1cn2nc(C[C@H]3C[C@@H](C(F)(F)F)CNC3=O)c(N3CC4CC(C3)O4)cc2n1)C1CCC(F)(F)CC1. The number of aryl methyl sites for hydroxylation is 1. The molecule has 5 fully saturated rings. The molecule has 3 aromatic heterocycles. The molecule has 47 heavy (non-hydrogen) atoms. The molecule has 0 spiro atoms. The normalized spacial score (nSPS) is 26.9. The summed E-state index contributed by atoms with van der Waals surface area (Å²) in [5.41, 5.74) is 2.32. The van der Waals surface area contributed by atoms with E-state index >= 15 is 0 Å². The highest BCUT2D eigenvalue weighted by molar-refractivity contribution is 5.92. The minimum absolute atomic E-state index is 0.0111. The molecule has 1 aliphatic carbocycles. The van der Waals surface area contributed by atoms with Gasteiger partial charge in [-0.25, -0.2) is 18.3 Å². The predicted molar refractivity (Wildman–Crippen MR) is 158 cm³/mol. The molecule has 16 heteroatoms. The standard InChI is InChI=1S/C31H37F5N8O3/c1-2-43-24(5-8-38-43)29(46)40-27(17-3-6-30(32,33)7-4-17)23-16-44-26(39-23)12-25(42-14-20-11-21(15-42)47-20)22(41-44)10-18-9-19(31(34,35)36)13-37-28(18)45/h5,8,12,16-21,27H,2-4,6-7,9-11,13-15H2,1H3,(H,37,45)(H,40,46)/t18-,19-,20?,21?,27+/m1/s1. The molecular formula is C31H37F5N8O3. The lowest BCUT2D eigenvalue weighted by atomic mass is 9.81. The van der Waals surface area contributed by atoms with Crippen LogP contribution in [-0.2, 0) is 22.5 Å². The molecule has 2 bridgehead atoms. The molecule has 4 aliphatic heterocycles. The highest BCUT2D eigenvalue weighted by atomic mass is 19.4. The Morgan fingerprint density at radius 1 is 1.19 bits per heavy atom. The van der Waals surface area contributed by atoms with Gasteiger partial charge in [0.1, 0.15) is 5.69 Å². The van der Waals surface area contributed by atoms with Crippen LogP contribution in [0, 0.1) is 17.8 Å². The zero-order chi connectivity index (χ0) is 33.1. The highest BCUT2D eigenvalue weighted by Crippen LogP contribution is 2.42. The van der Waals surface area contributed by atoms with E-state index in [1.165, 1.54) is 10.7 Å². The third-order valence-corrected chi connectivity index (χ3v) is 10.1. The van der Waals surface area contributed by atoms with Crippen LogP contribution in [-0.4, -0.2) is 80.1 Å². The van der Waals surface area contributed by atoms with E-state index in [0.717, 1.165) is 6.42 Å². The Balaban J connectivity index is 1.24. The van der Waals surface area contributed by atoms with E-state index in [1.807, 2.05) is 6.92 Å². The molecule has 3 aromatic rings. The second kappa shape index (κ2) is 12.0. The smallest absolute Gasteiger partial charge is 0.371 e. The van der Waals surface area contributed by atoms with Gasteiger partial charge in [0.05, 0.1) is 47.4 Å². The molecule has 5 aliphatic rings. The molecule has 0 aromatic carbocycles. The third kappa shape index (κ3) is 6.40. The molecule has 7 heterocycles. The summed E-state index contributed by atoms with van der Waals surface area (Å²) in [6, 6.07) is 2.69. The number of rotatable bonds is 8. The third-order valence-electron chi connectivity index (χ3n) is 10.1. The number of morpholine rings is 1. The van der Waals surface area contributed by atoms with Crippen LogP contribution in [0.5, 0.6) is 0 Å². The van der Waals surface area contributed by atoms with Crippen LogP contribution in [0.4, 0.5) is 27.6 Å². The Labute approximate surface area is 267 Å². The lowest BCUT2D eigenvalue weighted by Gasteiger charge is -2.48. The van der Waals surface area contributed by atoms with E-state index in [1.54, 1.807) is 23.0 Å². The van der Waals surface area contributed by atoms with Crippen LogP contribution >= 0.6 is 0 Å². The Kier molecular flexibility index (Phi) is 8.12. The van der Waals surface area contributed by atoms with Crippen molar-refractivity contribution < 1.29 is 36.3 Å². The van der Waals surface area contributed by atoms with Crippen molar-refractivity contribution in [3.8, 4) is 0 Å². The van der Waals surface area contributed by atoms with E-state index in [-0.39, 0.29) is 56.7 Å². The van der Waals surface area contributed by atoms with Gasteiger partial charge in [0, 0.05) is 70.0 Å². The van der Waals surface area contributed by atoms with Crippen molar-refractivity contribution in [3.63, 3.8) is 0 Å². The van der Waals surface area contributed by atoms with Gasteiger partial charge in [-0.3, -0.25) is 14.3 Å². The predicted octanol–water partition coefficient (Wildman–Crippen LogP) is 4.08. The molecule has 5 atom stereocenters. The summed E-state index contributed by atoms with van der Waals surface area (Å²) in [5.74, 6) is -6.53. The van der Waals surface area contributed by atoms with Gasteiger partial charge in [0.25, 0.3) is 5.91 Å². The van der Waals surface area contributed by atoms with Gasteiger partial charge in [-0.2, -0.15) is 23.4 Å². The number of ether oxygens (including phenoxy) is 1. The van der Waals surface area contributed by atoms with Gasteiger partial charge in [-0.15, -0.1) is 0 Å². The monoisotopic (exact) mass is 664 g/mol. The van der Waals surface area contributed by atoms with Gasteiger partial charge in [0.2, 0.25) is 11.8 Å². The molecule has 0 radical (unpaired) electrons. The summed E-state index contributed by atoms with van der Waals surface area (Å²) < 4.78 is 78.1. The van der Waals surface area contributed by atoms with Gasteiger partial charge >= 0.3 is 6.18 Å². The zero-order valence-electron chi connectivity index (χ0n) is 25.8. The number of carbonyl (C=O) groups is 2. The summed E-state index contributed by atoms with van der Waals surface area (Å²) in [4.78, 5) is 33.1. The number of hydrogen-bond donors (Lipinski definition) is 2. The Morgan fingerprint density at radius 3 is 2.60 bits per heavy atom. The molecule has 2 unspecified atom stereocenters. The number of anilines is 1. The summed E-state index contributed by atoms with van der Waals surface area (Å²) in [6.45, 7) is 3.00. The number of carbonyl (C=O) groups excluding carboxylic acids is 2. The van der Waals surface area contributed by atoms with E-state index in [2.05, 4.69) is 20.6 Å². The summed E-state index contributed by atoms with van der Waals surface area (Å²) >= 11 is 0. The fourth-order valence-electron chi connectivity index (χ4n) is 7.47. The largest absolute Gasteiger partial charge is 0.393 e. The fraction of sp³-hybridized carbons (Fsp3) is 0.645. The molecular weight excluding hydrogens is 627 g/mol. The lowest BCUT2D eigenvalue weighted by Crippen LogP contribution is -2.57. The van der Waals surface area contributed by atoms with E-state index in [9.17, 15) is 31.5 Å². The Hall–Kier alpha value is -3.82. The second-order valence-electron chi connectivity index (χ2n) is 13.3. The minimum atomic E-state index is -4.44. The van der Waals surface area contributed by atoms with E-state index in [4.69, 9.17) is 14.8 Å². The van der Waals surface area contributed by atoms with Crippen molar-refractivity contribution >= 4 is 23.1 Å². The number of piperidine rings is 2. The minimum Gasteiger partial charge on any atom is -0.371 e. The fourth-order valence-corrected chi connectivity index (χ4v) is 7.47. The maximum absolute atomic E-state index is 14.2. The van der Waals surface area contributed by atoms with Crippen molar-refractivity contribution in [1.29, 1.82) is 0 Å². The van der Waals surface area contributed by atoms with Crippen LogP contribution in [0.3, 0.4) is 0 Å². The Bertz CT molecular complexity index is 1630. The second-order valence-corrected chi connectivity index (χ2v) is 13.3. The Morgan fingerprint density at radius 2 is 1.91 bits per heavy atom. The van der Waals surface area contributed by atoms with Gasteiger partial charge in [-0.05, 0) is 38.2 Å². The van der Waals surface area contributed by atoms with E-state index < -0.39 is 48.3 Å². The van der Waals surface area contributed by atoms with Crippen molar-refractivity contribution in [1.82, 2.24) is 35.0 Å². The topological polar surface area (TPSA) is 119 Å². The molecule has 2 N–H and O–H groups in total. The maximum atomic E-state index is 14.2. The van der Waals surface area contributed by atoms with Crippen molar-refractivity contribution in [2.75, 3.05) is 24.5 Å². The number of hydrogen-bond acceptors (Lipinski definition) is 7. The molecule has 11 nitrogen and oxygen atoms in total. The quantitative estimate of drug-likeness (QED) is 0.349. The highest BCUT2D eigenvalue weighted by Gasteiger charge is 2.46. The number of aromatic nitrogens is 5. The van der Waals surface area contributed by atoms with Gasteiger partial charge in [-0.1, -0.05) is 0 Å². The number of fused-ring (bicyclic) bond motifs is 3. The first-order valence-corrected chi connectivity index (χ1v) is 16.2. The molecule has 2 amide bonds. The number of halogens is 5. The van der Waals surface area contributed by atoms with Crippen molar-refractivity contribution in [2.24, 2.45) is 17.8 Å². The summed E-state index contributed by atoms with van der Waals surface area (Å²) in [5, 5.41) is 14.4. The number of nitrogens with zero attached hydrogens (tertiary/aromatic N) is 6. The van der Waals surface area contributed by atoms with Crippen LogP contribution in [0.2, 0.25) is 0 Å². The van der Waals surface area contributed by atoms with Gasteiger partial charge < -0.3 is 20.3 Å². The molecule has 254 valence electrons. The number of nitrogens with one attached hydrogen (secondary N) is 2. The molecule has 1 saturated carbocycles. The first kappa shape index (κ1) is 31.8. The zero-order valence-corrected chi connectivity index (χ0v) is 25.8. The average molecular weight is 665 g/mol. The first-order valence-electron chi connectivity index (χ1n) is 16.2. The van der Waals surface area contributed by atoms with Crippen LogP contribution < -0.4 is 15.5 Å². The van der Waals surface area contributed by atoms with Crippen LogP contribution in [0.25, 0.3) is 5.65 Å². The number of amides is 2. The lowest BCUT2D eigenvalue weighted by molar-refractivity contribution is -0.183. The van der Waals surface area contributed by atoms with Crippen LogP contribution in [0.15, 0.2) is 24.5 Å². The van der Waals surface area contributed by atoms with Crippen molar-refractivity contribution in [2.45, 2.75) is 88.8 Å². The average Bonchev–Trinajstić information content (AvgIpc) is 3.67. The van der Waals surface area contributed by atoms with Crippen molar-refractivity contribution in [3.05, 3.63) is 41.6 Å². The molecule has 4 saturated heterocycles. The van der Waals surface area contributed by atoms with Gasteiger partial charge in [0.15, 0.2) is 5.65 Å². The maximum Gasteiger partial charge on any atom is 0.393 e. The summed E-state index contributed by atoms with van der Waals surface area (Å²) in [7, 11) is 0. The number of imidazole rings is 1. The number of alkyl halides is 5. The van der Waals surface area contributed by atoms with E-state index in [0.29, 0.717) is 48.1 Å².